The van der Waals surface area contributed by atoms with Crippen molar-refractivity contribution in [3.05, 3.63) is 29.8 Å². The van der Waals surface area contributed by atoms with Crippen LogP contribution in [0.2, 0.25) is 0 Å². The Morgan fingerprint density at radius 1 is 1.22 bits per heavy atom. The first kappa shape index (κ1) is 13.4. The molecule has 0 bridgehead atoms. The highest BCUT2D eigenvalue weighted by molar-refractivity contribution is 5.27. The number of nitrogens with one attached hydrogen (secondary N) is 1. The van der Waals surface area contributed by atoms with Crippen molar-refractivity contribution < 1.29 is 4.74 Å². The van der Waals surface area contributed by atoms with Crippen LogP contribution in [0.25, 0.3) is 0 Å². The molecule has 1 atom stereocenters. The maximum Gasteiger partial charge on any atom is 0.118 e. The van der Waals surface area contributed by atoms with Gasteiger partial charge in [-0.2, -0.15) is 0 Å². The van der Waals surface area contributed by atoms with Crippen molar-refractivity contribution in [2.24, 2.45) is 5.92 Å². The van der Waals surface area contributed by atoms with E-state index in [1.54, 1.807) is 7.11 Å². The number of hydrogen-bond acceptors (Lipinski definition) is 2. The zero-order chi connectivity index (χ0) is 12.8. The minimum Gasteiger partial charge on any atom is -0.497 e. The van der Waals surface area contributed by atoms with E-state index in [-0.39, 0.29) is 0 Å². The molecule has 1 N–H and O–H groups in total. The first-order chi connectivity index (χ1) is 8.79. The molecule has 1 fully saturated rings. The quantitative estimate of drug-likeness (QED) is 0.832. The lowest BCUT2D eigenvalue weighted by molar-refractivity contribution is 0.384. The van der Waals surface area contributed by atoms with Gasteiger partial charge in [0.1, 0.15) is 5.75 Å². The molecule has 2 rings (SSSR count). The van der Waals surface area contributed by atoms with Gasteiger partial charge in [-0.15, -0.1) is 0 Å². The summed E-state index contributed by atoms with van der Waals surface area (Å²) < 4.78 is 5.16. The predicted octanol–water partition coefficient (Wildman–Crippen LogP) is 3.41. The number of methoxy groups -OCH3 is 1. The Bertz CT molecular complexity index is 341. The number of rotatable bonds is 6. The van der Waals surface area contributed by atoms with Crippen LogP contribution in [0.4, 0.5) is 0 Å². The summed E-state index contributed by atoms with van der Waals surface area (Å²) in [4.78, 5) is 0. The fraction of sp³-hybridized carbons (Fsp3) is 0.625. The highest BCUT2D eigenvalue weighted by Gasteiger charge is 2.20. The lowest BCUT2D eigenvalue weighted by Crippen LogP contribution is -2.33. The predicted molar refractivity (Wildman–Crippen MR) is 76.1 cm³/mol. The van der Waals surface area contributed by atoms with Gasteiger partial charge in [0.15, 0.2) is 0 Å². The molecule has 1 unspecified atom stereocenters. The minimum atomic E-state index is 0.672. The SMILES string of the molecule is COc1ccc(CCNC(C)C2CCCC2)cc1. The third-order valence-corrected chi connectivity index (χ3v) is 4.15. The Labute approximate surface area is 111 Å². The first-order valence-corrected chi connectivity index (χ1v) is 7.16. The summed E-state index contributed by atoms with van der Waals surface area (Å²) in [5, 5.41) is 3.67. The lowest BCUT2D eigenvalue weighted by atomic mass is 9.99. The summed E-state index contributed by atoms with van der Waals surface area (Å²) in [6.45, 7) is 3.41. The normalized spacial score (nSPS) is 17.9. The fourth-order valence-corrected chi connectivity index (χ4v) is 2.86. The second-order valence-electron chi connectivity index (χ2n) is 5.39. The lowest BCUT2D eigenvalue weighted by Gasteiger charge is -2.20. The van der Waals surface area contributed by atoms with Gasteiger partial charge in [0.05, 0.1) is 7.11 Å². The zero-order valence-corrected chi connectivity index (χ0v) is 11.6. The average Bonchev–Trinajstić information content (AvgIpc) is 2.93. The molecule has 1 saturated carbocycles. The Morgan fingerprint density at radius 2 is 1.89 bits per heavy atom. The van der Waals surface area contributed by atoms with Crippen molar-refractivity contribution in [1.82, 2.24) is 5.32 Å². The zero-order valence-electron chi connectivity index (χ0n) is 11.6. The van der Waals surface area contributed by atoms with E-state index in [0.717, 1.165) is 24.6 Å². The van der Waals surface area contributed by atoms with E-state index < -0.39 is 0 Å². The van der Waals surface area contributed by atoms with Gasteiger partial charge in [-0.1, -0.05) is 25.0 Å². The van der Waals surface area contributed by atoms with Gasteiger partial charge in [0.2, 0.25) is 0 Å². The van der Waals surface area contributed by atoms with Gasteiger partial charge < -0.3 is 10.1 Å². The molecular weight excluding hydrogens is 222 g/mol. The van der Waals surface area contributed by atoms with E-state index in [1.165, 1.54) is 31.2 Å². The summed E-state index contributed by atoms with van der Waals surface area (Å²) >= 11 is 0. The van der Waals surface area contributed by atoms with Crippen LogP contribution in [0, 0.1) is 5.92 Å². The van der Waals surface area contributed by atoms with Crippen molar-refractivity contribution in [1.29, 1.82) is 0 Å². The van der Waals surface area contributed by atoms with Crippen LogP contribution in [0.5, 0.6) is 5.75 Å². The Hall–Kier alpha value is -1.02. The smallest absolute Gasteiger partial charge is 0.118 e. The van der Waals surface area contributed by atoms with Crippen LogP contribution in [0.3, 0.4) is 0 Å². The highest BCUT2D eigenvalue weighted by Crippen LogP contribution is 2.27. The maximum absolute atomic E-state index is 5.16. The molecule has 2 nitrogen and oxygen atoms in total. The molecule has 100 valence electrons. The van der Waals surface area contributed by atoms with E-state index in [1.807, 2.05) is 12.1 Å². The molecule has 1 aromatic carbocycles. The molecule has 1 aliphatic rings. The maximum atomic E-state index is 5.16. The largest absolute Gasteiger partial charge is 0.497 e. The standard InChI is InChI=1S/C16H25NO/c1-13(15-5-3-4-6-15)17-12-11-14-7-9-16(18-2)10-8-14/h7-10,13,15,17H,3-6,11-12H2,1-2H3. The molecule has 18 heavy (non-hydrogen) atoms. The fourth-order valence-electron chi connectivity index (χ4n) is 2.86. The third kappa shape index (κ3) is 3.74. The van der Waals surface area contributed by atoms with Crippen LogP contribution in [0.15, 0.2) is 24.3 Å². The summed E-state index contributed by atoms with van der Waals surface area (Å²) in [6.07, 6.45) is 6.78. The molecule has 0 amide bonds. The van der Waals surface area contributed by atoms with E-state index in [0.29, 0.717) is 6.04 Å². The summed E-state index contributed by atoms with van der Waals surface area (Å²) in [5.74, 6) is 1.84. The molecule has 1 aliphatic carbocycles. The molecule has 0 aliphatic heterocycles. The molecule has 0 aromatic heterocycles. The molecule has 1 aromatic rings. The number of benzene rings is 1. The van der Waals surface area contributed by atoms with E-state index in [2.05, 4.69) is 24.4 Å². The molecule has 0 radical (unpaired) electrons. The van der Waals surface area contributed by atoms with Crippen LogP contribution in [-0.4, -0.2) is 19.7 Å². The minimum absolute atomic E-state index is 0.672. The van der Waals surface area contributed by atoms with Crippen LogP contribution < -0.4 is 10.1 Å². The van der Waals surface area contributed by atoms with E-state index in [4.69, 9.17) is 4.74 Å². The van der Waals surface area contributed by atoms with Crippen molar-refractivity contribution >= 4 is 0 Å². The van der Waals surface area contributed by atoms with Crippen molar-refractivity contribution in [3.63, 3.8) is 0 Å². The molecule has 2 heteroatoms. The second kappa shape index (κ2) is 6.79. The molecular formula is C16H25NO. The van der Waals surface area contributed by atoms with Gasteiger partial charge in [-0.3, -0.25) is 0 Å². The molecule has 0 heterocycles. The first-order valence-electron chi connectivity index (χ1n) is 7.16. The van der Waals surface area contributed by atoms with Crippen LogP contribution in [0.1, 0.15) is 38.2 Å². The van der Waals surface area contributed by atoms with Gasteiger partial charge in [0, 0.05) is 6.04 Å². The summed E-state index contributed by atoms with van der Waals surface area (Å²) in [6, 6.07) is 9.05. The van der Waals surface area contributed by atoms with E-state index in [9.17, 15) is 0 Å². The Kier molecular flexibility index (Phi) is 5.06. The Balaban J connectivity index is 1.70. The number of hydrogen-bond donors (Lipinski definition) is 1. The number of ether oxygens (including phenoxy) is 1. The monoisotopic (exact) mass is 247 g/mol. The molecule has 0 saturated heterocycles. The van der Waals surface area contributed by atoms with Crippen molar-refractivity contribution in [2.75, 3.05) is 13.7 Å². The third-order valence-electron chi connectivity index (χ3n) is 4.15. The van der Waals surface area contributed by atoms with Gasteiger partial charge in [-0.05, 0) is 56.3 Å². The second-order valence-corrected chi connectivity index (χ2v) is 5.39. The summed E-state index contributed by atoms with van der Waals surface area (Å²) in [7, 11) is 1.71. The van der Waals surface area contributed by atoms with Gasteiger partial charge in [-0.25, -0.2) is 0 Å². The van der Waals surface area contributed by atoms with Gasteiger partial charge >= 0.3 is 0 Å². The average molecular weight is 247 g/mol. The van der Waals surface area contributed by atoms with E-state index >= 15 is 0 Å². The van der Waals surface area contributed by atoms with Crippen LogP contribution >= 0.6 is 0 Å². The topological polar surface area (TPSA) is 21.3 Å². The van der Waals surface area contributed by atoms with Crippen LogP contribution in [-0.2, 0) is 6.42 Å². The summed E-state index contributed by atoms with van der Waals surface area (Å²) in [5.41, 5.74) is 1.38. The Morgan fingerprint density at radius 3 is 2.50 bits per heavy atom. The van der Waals surface area contributed by atoms with Gasteiger partial charge in [0.25, 0.3) is 0 Å². The van der Waals surface area contributed by atoms with Crippen molar-refractivity contribution in [3.8, 4) is 5.75 Å². The van der Waals surface area contributed by atoms with Crippen molar-refractivity contribution in [2.45, 2.75) is 45.1 Å². The molecule has 0 spiro atoms. The highest BCUT2D eigenvalue weighted by atomic mass is 16.5.